The Morgan fingerprint density at radius 3 is 2.00 bits per heavy atom. The summed E-state index contributed by atoms with van der Waals surface area (Å²) in [6.45, 7) is 9.33. The van der Waals surface area contributed by atoms with E-state index >= 15 is 0 Å². The van der Waals surface area contributed by atoms with Gasteiger partial charge in [-0.25, -0.2) is 0 Å². The first kappa shape index (κ1) is 11.9. The molecule has 0 radical (unpaired) electrons. The molecule has 72 valence electrons. The summed E-state index contributed by atoms with van der Waals surface area (Å²) in [6.07, 6.45) is 1.33. The molecule has 0 fully saturated rings. The highest BCUT2D eigenvalue weighted by Crippen LogP contribution is 2.23. The summed E-state index contributed by atoms with van der Waals surface area (Å²) >= 11 is 0. The van der Waals surface area contributed by atoms with E-state index in [-0.39, 0.29) is 5.04 Å². The van der Waals surface area contributed by atoms with Crippen molar-refractivity contribution in [1.82, 2.24) is 0 Å². The summed E-state index contributed by atoms with van der Waals surface area (Å²) in [5.74, 6) is 0. The van der Waals surface area contributed by atoms with Crippen LogP contribution in [0.5, 0.6) is 0 Å². The summed E-state index contributed by atoms with van der Waals surface area (Å²) in [5, 5.41) is 0.00859. The van der Waals surface area contributed by atoms with E-state index in [9.17, 15) is 8.42 Å². The lowest BCUT2D eigenvalue weighted by molar-refractivity contribution is 0.482. The van der Waals surface area contributed by atoms with Gasteiger partial charge in [-0.2, -0.15) is 8.42 Å². The predicted molar refractivity (Wildman–Crippen MR) is 53.8 cm³/mol. The molecule has 0 spiro atoms. The van der Waals surface area contributed by atoms with Crippen molar-refractivity contribution < 1.29 is 13.0 Å². The number of hydrogen-bond acceptors (Lipinski definition) is 2. The van der Waals surface area contributed by atoms with Crippen LogP contribution in [0.2, 0.25) is 5.04 Å². The van der Waals surface area contributed by atoms with Gasteiger partial charge >= 0.3 is 0 Å². The summed E-state index contributed by atoms with van der Waals surface area (Å²) in [7, 11) is -4.80. The molecule has 0 aromatic heterocycles. The SMILES string of the molecule is C=CC([SiH2]C(C)(C)C)S(=O)(=O)O. The minimum absolute atomic E-state index is 0.00859. The lowest BCUT2D eigenvalue weighted by Gasteiger charge is -2.20. The van der Waals surface area contributed by atoms with Gasteiger partial charge < -0.3 is 0 Å². The van der Waals surface area contributed by atoms with Gasteiger partial charge in [0, 0.05) is 0 Å². The molecule has 1 N–H and O–H groups in total. The molecule has 0 saturated carbocycles. The Balaban J connectivity index is 4.52. The van der Waals surface area contributed by atoms with E-state index in [0.29, 0.717) is 0 Å². The van der Waals surface area contributed by atoms with Gasteiger partial charge in [0.2, 0.25) is 0 Å². The van der Waals surface area contributed by atoms with Gasteiger partial charge in [0.1, 0.15) is 0 Å². The van der Waals surface area contributed by atoms with E-state index in [1.54, 1.807) is 0 Å². The Morgan fingerprint density at radius 2 is 1.92 bits per heavy atom. The van der Waals surface area contributed by atoms with Crippen LogP contribution in [0.15, 0.2) is 12.7 Å². The molecule has 0 rings (SSSR count). The normalized spacial score (nSPS) is 16.7. The topological polar surface area (TPSA) is 54.4 Å². The van der Waals surface area contributed by atoms with Crippen molar-refractivity contribution in [1.29, 1.82) is 0 Å². The highest BCUT2D eigenvalue weighted by molar-refractivity contribution is 7.88. The van der Waals surface area contributed by atoms with E-state index in [4.69, 9.17) is 4.55 Å². The van der Waals surface area contributed by atoms with Crippen LogP contribution in [0, 0.1) is 0 Å². The first-order valence-electron chi connectivity index (χ1n) is 3.75. The van der Waals surface area contributed by atoms with Gasteiger partial charge in [0.25, 0.3) is 10.1 Å². The van der Waals surface area contributed by atoms with Crippen LogP contribution in [-0.2, 0) is 10.1 Å². The Kier molecular flexibility index (Phi) is 3.68. The third-order valence-electron chi connectivity index (χ3n) is 1.46. The van der Waals surface area contributed by atoms with E-state index < -0.39 is 24.5 Å². The maximum Gasteiger partial charge on any atom is 0.267 e. The fourth-order valence-corrected chi connectivity index (χ4v) is 4.87. The fourth-order valence-electron chi connectivity index (χ4n) is 0.914. The maximum absolute atomic E-state index is 10.8. The highest BCUT2D eigenvalue weighted by Gasteiger charge is 2.26. The van der Waals surface area contributed by atoms with Gasteiger partial charge in [0.05, 0.1) is 14.4 Å². The van der Waals surface area contributed by atoms with Crippen molar-refractivity contribution in [2.75, 3.05) is 0 Å². The van der Waals surface area contributed by atoms with Crippen LogP contribution in [-0.4, -0.2) is 27.4 Å². The van der Waals surface area contributed by atoms with Crippen LogP contribution in [0.1, 0.15) is 20.8 Å². The monoisotopic (exact) mass is 208 g/mol. The van der Waals surface area contributed by atoms with Crippen LogP contribution in [0.25, 0.3) is 0 Å². The van der Waals surface area contributed by atoms with Crippen molar-refractivity contribution in [2.45, 2.75) is 30.7 Å². The Labute approximate surface area is 76.4 Å². The van der Waals surface area contributed by atoms with Crippen molar-refractivity contribution in [3.8, 4) is 0 Å². The zero-order valence-electron chi connectivity index (χ0n) is 7.74. The van der Waals surface area contributed by atoms with E-state index in [1.165, 1.54) is 6.08 Å². The zero-order valence-corrected chi connectivity index (χ0v) is 9.97. The minimum Gasteiger partial charge on any atom is -0.285 e. The van der Waals surface area contributed by atoms with Crippen LogP contribution < -0.4 is 0 Å². The molecule has 0 saturated heterocycles. The Bertz CT molecular complexity index is 250. The maximum atomic E-state index is 10.8. The van der Waals surface area contributed by atoms with E-state index in [0.717, 1.165) is 0 Å². The largest absolute Gasteiger partial charge is 0.285 e. The summed E-state index contributed by atoms with van der Waals surface area (Å²) in [6, 6.07) is 0. The molecule has 1 unspecified atom stereocenters. The van der Waals surface area contributed by atoms with Crippen molar-refractivity contribution in [3.05, 3.63) is 12.7 Å². The van der Waals surface area contributed by atoms with Crippen LogP contribution >= 0.6 is 0 Å². The van der Waals surface area contributed by atoms with Gasteiger partial charge in [0.15, 0.2) is 0 Å². The van der Waals surface area contributed by atoms with Crippen LogP contribution in [0.3, 0.4) is 0 Å². The molecule has 0 aliphatic rings. The first-order chi connectivity index (χ1) is 5.17. The van der Waals surface area contributed by atoms with Gasteiger partial charge in [-0.15, -0.1) is 6.58 Å². The molecule has 0 amide bonds. The van der Waals surface area contributed by atoms with E-state index in [1.807, 2.05) is 20.8 Å². The quantitative estimate of drug-likeness (QED) is 0.423. The Hall–Kier alpha value is -0.133. The molecule has 0 aliphatic heterocycles. The summed E-state index contributed by atoms with van der Waals surface area (Å²) in [5.41, 5.74) is 0. The Morgan fingerprint density at radius 1 is 1.50 bits per heavy atom. The smallest absolute Gasteiger partial charge is 0.267 e. The van der Waals surface area contributed by atoms with Crippen LogP contribution in [0.4, 0.5) is 0 Å². The predicted octanol–water partition coefficient (Wildman–Crippen LogP) is 0.773. The fraction of sp³-hybridized carbons (Fsp3) is 0.714. The third-order valence-corrected chi connectivity index (χ3v) is 6.14. The molecule has 1 atom stereocenters. The second-order valence-corrected chi connectivity index (χ2v) is 9.69. The second-order valence-electron chi connectivity index (χ2n) is 4.05. The van der Waals surface area contributed by atoms with Crippen molar-refractivity contribution >= 4 is 19.6 Å². The lowest BCUT2D eigenvalue weighted by atomic mass is 10.3. The molecule has 0 aromatic rings. The lowest BCUT2D eigenvalue weighted by Crippen LogP contribution is -2.30. The zero-order chi connectivity index (χ0) is 9.99. The molecule has 0 heterocycles. The summed E-state index contributed by atoms with van der Waals surface area (Å²) in [4.78, 5) is -0.711. The second kappa shape index (κ2) is 3.72. The third kappa shape index (κ3) is 4.69. The van der Waals surface area contributed by atoms with Gasteiger partial charge in [-0.3, -0.25) is 4.55 Å². The average molecular weight is 208 g/mol. The molecule has 12 heavy (non-hydrogen) atoms. The highest BCUT2D eigenvalue weighted by atomic mass is 32.2. The molecule has 0 aliphatic carbocycles. The molecular weight excluding hydrogens is 192 g/mol. The molecule has 3 nitrogen and oxygen atoms in total. The van der Waals surface area contributed by atoms with Crippen molar-refractivity contribution in [2.24, 2.45) is 0 Å². The standard InChI is InChI=1S/C7H16O3SSi/c1-5-6(11(8,9)10)12-7(2,3)4/h5-6H,1,12H2,2-4H3,(H,8,9,10). The van der Waals surface area contributed by atoms with Gasteiger partial charge in [-0.1, -0.05) is 26.8 Å². The number of rotatable bonds is 3. The number of hydrogen-bond donors (Lipinski definition) is 1. The minimum atomic E-state index is -3.90. The van der Waals surface area contributed by atoms with Gasteiger partial charge in [-0.05, 0) is 5.04 Å². The summed E-state index contributed by atoms with van der Waals surface area (Å²) < 4.78 is 30.3. The average Bonchev–Trinajstić information content (AvgIpc) is 1.78. The molecule has 5 heteroatoms. The molecular formula is C7H16O3SSi. The molecule has 0 bridgehead atoms. The molecule has 0 aromatic carbocycles. The van der Waals surface area contributed by atoms with Crippen molar-refractivity contribution in [3.63, 3.8) is 0 Å². The van der Waals surface area contributed by atoms with E-state index in [2.05, 4.69) is 6.58 Å². The first-order valence-corrected chi connectivity index (χ1v) is 6.78.